The maximum Gasteiger partial charge on any atom is 0.513 e. The van der Waals surface area contributed by atoms with E-state index in [0.29, 0.717) is 33.3 Å². The molecule has 194 valence electrons. The summed E-state index contributed by atoms with van der Waals surface area (Å²) >= 11 is 0. The molecule has 3 rings (SSSR count). The molecule has 10 heteroatoms. The van der Waals surface area contributed by atoms with E-state index < -0.39 is 29.1 Å². The van der Waals surface area contributed by atoms with Crippen LogP contribution in [0.1, 0.15) is 42.3 Å². The minimum absolute atomic E-state index is 0.000960. The highest BCUT2D eigenvalue weighted by Gasteiger charge is 2.25. The Morgan fingerprint density at radius 3 is 2.32 bits per heavy atom. The summed E-state index contributed by atoms with van der Waals surface area (Å²) in [6, 6.07) is 9.96. The smallest absolute Gasteiger partial charge is 0.438 e. The zero-order valence-corrected chi connectivity index (χ0v) is 21.2. The molecule has 1 heterocycles. The van der Waals surface area contributed by atoms with Crippen molar-refractivity contribution < 1.29 is 33.3 Å². The number of hydrogen-bond donors (Lipinski definition) is 2. The molecule has 3 aromatic rings. The van der Waals surface area contributed by atoms with Crippen molar-refractivity contribution in [1.82, 2.24) is 4.98 Å². The lowest BCUT2D eigenvalue weighted by Gasteiger charge is -2.26. The van der Waals surface area contributed by atoms with Crippen LogP contribution in [0.25, 0.3) is 16.5 Å². The van der Waals surface area contributed by atoms with Crippen LogP contribution in [0.3, 0.4) is 0 Å². The van der Waals surface area contributed by atoms with Crippen molar-refractivity contribution in [3.8, 4) is 5.75 Å². The second-order valence-electron chi connectivity index (χ2n) is 9.08. The van der Waals surface area contributed by atoms with Crippen LogP contribution in [0.4, 0.5) is 15.3 Å². The molecule has 1 aromatic heterocycles. The standard InChI is InChI=1S/C27H28N2O8/c1-15(14-36-25(32)34-5)17-11-19(27(2,3)4)21(12-22(17)37-26(33)35-6)29-24(31)18-13-28-20-10-8-7-9-16(20)23(18)30/h7-13H,1,14H2,2-6H3,(H,28,30)(H,29,31). The Labute approximate surface area is 213 Å². The predicted octanol–water partition coefficient (Wildman–Crippen LogP) is 5.02. The third-order valence-corrected chi connectivity index (χ3v) is 5.48. The fraction of sp³-hybridized carbons (Fsp3) is 0.259. The number of rotatable bonds is 6. The van der Waals surface area contributed by atoms with E-state index in [-0.39, 0.29) is 17.9 Å². The average molecular weight is 509 g/mol. The second kappa shape index (κ2) is 11.0. The second-order valence-corrected chi connectivity index (χ2v) is 9.08. The Hall–Kier alpha value is -4.60. The van der Waals surface area contributed by atoms with E-state index in [1.807, 2.05) is 20.8 Å². The minimum Gasteiger partial charge on any atom is -0.438 e. The van der Waals surface area contributed by atoms with Crippen molar-refractivity contribution in [3.05, 3.63) is 76.1 Å². The highest BCUT2D eigenvalue weighted by Crippen LogP contribution is 2.38. The van der Waals surface area contributed by atoms with E-state index >= 15 is 0 Å². The molecule has 2 aromatic carbocycles. The lowest BCUT2D eigenvalue weighted by atomic mass is 9.83. The number of carbonyl (C=O) groups excluding carboxylic acids is 3. The van der Waals surface area contributed by atoms with Crippen molar-refractivity contribution in [2.45, 2.75) is 26.2 Å². The number of amides is 1. The van der Waals surface area contributed by atoms with Crippen LogP contribution in [-0.2, 0) is 19.6 Å². The van der Waals surface area contributed by atoms with Gasteiger partial charge in [0.1, 0.15) is 17.9 Å². The molecular formula is C27H28N2O8. The average Bonchev–Trinajstić information content (AvgIpc) is 2.86. The summed E-state index contributed by atoms with van der Waals surface area (Å²) in [6.07, 6.45) is -0.560. The summed E-state index contributed by atoms with van der Waals surface area (Å²) in [5.41, 5.74) is 1.16. The Morgan fingerprint density at radius 1 is 1.00 bits per heavy atom. The summed E-state index contributed by atoms with van der Waals surface area (Å²) in [7, 11) is 2.32. The van der Waals surface area contributed by atoms with Gasteiger partial charge in [-0.25, -0.2) is 9.59 Å². The molecule has 37 heavy (non-hydrogen) atoms. The number of H-pyrrole nitrogens is 1. The largest absolute Gasteiger partial charge is 0.513 e. The number of anilines is 1. The Kier molecular flexibility index (Phi) is 8.01. The molecule has 2 N–H and O–H groups in total. The number of aromatic nitrogens is 1. The van der Waals surface area contributed by atoms with Gasteiger partial charge in [-0.2, -0.15) is 0 Å². The molecule has 0 aliphatic carbocycles. The van der Waals surface area contributed by atoms with Crippen LogP contribution in [0.2, 0.25) is 0 Å². The number of ether oxygens (including phenoxy) is 4. The van der Waals surface area contributed by atoms with Gasteiger partial charge < -0.3 is 29.2 Å². The number of aromatic amines is 1. The van der Waals surface area contributed by atoms with Crippen molar-refractivity contribution in [1.29, 1.82) is 0 Å². The first kappa shape index (κ1) is 27.0. The van der Waals surface area contributed by atoms with Gasteiger partial charge in [-0.15, -0.1) is 0 Å². The third-order valence-electron chi connectivity index (χ3n) is 5.48. The summed E-state index contributed by atoms with van der Waals surface area (Å²) in [5.74, 6) is -0.650. The van der Waals surface area contributed by atoms with Crippen LogP contribution in [-0.4, -0.2) is 44.0 Å². The van der Waals surface area contributed by atoms with E-state index in [1.165, 1.54) is 19.4 Å². The Balaban J connectivity index is 2.08. The van der Waals surface area contributed by atoms with Crippen LogP contribution >= 0.6 is 0 Å². The van der Waals surface area contributed by atoms with Gasteiger partial charge in [-0.3, -0.25) is 9.59 Å². The van der Waals surface area contributed by atoms with E-state index in [4.69, 9.17) is 9.47 Å². The predicted molar refractivity (Wildman–Crippen MR) is 138 cm³/mol. The third kappa shape index (κ3) is 6.16. The SMILES string of the molecule is C=C(COC(=O)OC)c1cc(C(C)(C)C)c(NC(=O)c2c[nH]c3ccccc3c2=O)cc1OC(=O)OC. The number of hydrogen-bond acceptors (Lipinski definition) is 8. The normalized spacial score (nSPS) is 10.9. The van der Waals surface area contributed by atoms with E-state index in [9.17, 15) is 19.2 Å². The fourth-order valence-electron chi connectivity index (χ4n) is 3.60. The molecule has 0 fully saturated rings. The monoisotopic (exact) mass is 508 g/mol. The maximum atomic E-state index is 13.2. The number of carbonyl (C=O) groups is 3. The molecule has 0 bridgehead atoms. The lowest BCUT2D eigenvalue weighted by molar-refractivity contribution is 0.0831. The highest BCUT2D eigenvalue weighted by molar-refractivity contribution is 6.06. The molecule has 0 aliphatic rings. The Bertz CT molecular complexity index is 1430. The van der Waals surface area contributed by atoms with Gasteiger partial charge in [0.2, 0.25) is 5.43 Å². The summed E-state index contributed by atoms with van der Waals surface area (Å²) in [6.45, 7) is 9.43. The first-order valence-electron chi connectivity index (χ1n) is 11.2. The van der Waals surface area contributed by atoms with Gasteiger partial charge in [-0.1, -0.05) is 39.5 Å². The zero-order chi connectivity index (χ0) is 27.3. The summed E-state index contributed by atoms with van der Waals surface area (Å²) < 4.78 is 19.4. The van der Waals surface area contributed by atoms with Gasteiger partial charge in [0.05, 0.1) is 14.2 Å². The van der Waals surface area contributed by atoms with Crippen LogP contribution in [0.5, 0.6) is 5.75 Å². The van der Waals surface area contributed by atoms with Gasteiger partial charge in [-0.05, 0) is 34.8 Å². The number of pyridine rings is 1. The van der Waals surface area contributed by atoms with Crippen molar-refractivity contribution in [3.63, 3.8) is 0 Å². The number of methoxy groups -OCH3 is 2. The van der Waals surface area contributed by atoms with Gasteiger partial charge in [0.25, 0.3) is 5.91 Å². The maximum absolute atomic E-state index is 13.2. The molecule has 0 aliphatic heterocycles. The fourth-order valence-corrected chi connectivity index (χ4v) is 3.60. The van der Waals surface area contributed by atoms with Crippen molar-refractivity contribution in [2.75, 3.05) is 26.1 Å². The van der Waals surface area contributed by atoms with E-state index in [0.717, 1.165) is 7.11 Å². The lowest BCUT2D eigenvalue weighted by Crippen LogP contribution is -2.24. The van der Waals surface area contributed by atoms with E-state index in [2.05, 4.69) is 26.4 Å². The van der Waals surface area contributed by atoms with Crippen molar-refractivity contribution >= 4 is 40.4 Å². The molecule has 0 radical (unpaired) electrons. The highest BCUT2D eigenvalue weighted by atomic mass is 16.7. The number of benzene rings is 2. The van der Waals surface area contributed by atoms with Crippen molar-refractivity contribution in [2.24, 2.45) is 0 Å². The first-order chi connectivity index (χ1) is 17.5. The van der Waals surface area contributed by atoms with Gasteiger partial charge >= 0.3 is 12.3 Å². The van der Waals surface area contributed by atoms with Crippen LogP contribution in [0, 0.1) is 0 Å². The van der Waals surface area contributed by atoms with Gasteiger partial charge in [0.15, 0.2) is 0 Å². The minimum atomic E-state index is -1.00. The molecule has 0 spiro atoms. The summed E-state index contributed by atoms with van der Waals surface area (Å²) in [5, 5.41) is 3.14. The molecule has 1 amide bonds. The van der Waals surface area contributed by atoms with E-state index in [1.54, 1.807) is 30.3 Å². The number of nitrogens with one attached hydrogen (secondary N) is 2. The molecule has 0 unspecified atom stereocenters. The molecule has 0 atom stereocenters. The molecular weight excluding hydrogens is 480 g/mol. The van der Waals surface area contributed by atoms with Gasteiger partial charge in [0, 0.05) is 34.4 Å². The molecule has 0 saturated heterocycles. The zero-order valence-electron chi connectivity index (χ0n) is 21.2. The first-order valence-corrected chi connectivity index (χ1v) is 11.2. The number of para-hydroxylation sites is 1. The topological polar surface area (TPSA) is 133 Å². The summed E-state index contributed by atoms with van der Waals surface area (Å²) in [4.78, 5) is 52.5. The van der Waals surface area contributed by atoms with Crippen LogP contribution < -0.4 is 15.5 Å². The molecule has 0 saturated carbocycles. The quantitative estimate of drug-likeness (QED) is 0.350. The molecule has 10 nitrogen and oxygen atoms in total. The number of fused-ring (bicyclic) bond motifs is 1. The Morgan fingerprint density at radius 2 is 1.68 bits per heavy atom. The van der Waals surface area contributed by atoms with Crippen LogP contribution in [0.15, 0.2) is 54.0 Å².